The van der Waals surface area contributed by atoms with Gasteiger partial charge in [-0.1, -0.05) is 51.9 Å². The van der Waals surface area contributed by atoms with E-state index in [0.717, 1.165) is 31.9 Å². The van der Waals surface area contributed by atoms with Gasteiger partial charge in [0.25, 0.3) is 0 Å². The first-order valence-corrected chi connectivity index (χ1v) is 13.9. The topological polar surface area (TPSA) is 63.8 Å². The van der Waals surface area contributed by atoms with Gasteiger partial charge in [0.15, 0.2) is 0 Å². The van der Waals surface area contributed by atoms with E-state index in [0.29, 0.717) is 23.3 Å². The van der Waals surface area contributed by atoms with E-state index >= 15 is 0 Å². The first-order chi connectivity index (χ1) is 17.3. The molecule has 4 aliphatic rings. The molecule has 0 amide bonds. The standard InChI is InChI=1S/C28H39F3N4O/c1-2-3-4-5-6-7-8-9-12-33-27-16-20-13-21(17-27)15-26(14-20,19-27)25-35-34-24(36-25)22-10-11-23(32-18-22)28(29,30)31/h10-11,18,20-21,33H,2-9,12-17,19H2,1H3. The fourth-order valence-electron chi connectivity index (χ4n) is 7.57. The highest BCUT2D eigenvalue weighted by atomic mass is 19.4. The third-order valence-electron chi connectivity index (χ3n) is 8.77. The third-order valence-corrected chi connectivity index (χ3v) is 8.77. The minimum Gasteiger partial charge on any atom is -0.420 e. The van der Waals surface area contributed by atoms with Gasteiger partial charge in [0.05, 0.1) is 11.0 Å². The average Bonchev–Trinajstić information content (AvgIpc) is 3.33. The first-order valence-electron chi connectivity index (χ1n) is 13.9. The Balaban J connectivity index is 1.21. The van der Waals surface area contributed by atoms with Crippen molar-refractivity contribution in [2.45, 2.75) is 114 Å². The lowest BCUT2D eigenvalue weighted by molar-refractivity contribution is -0.141. The van der Waals surface area contributed by atoms with E-state index in [1.165, 1.54) is 82.9 Å². The molecule has 2 atom stereocenters. The van der Waals surface area contributed by atoms with E-state index in [1.54, 1.807) is 0 Å². The summed E-state index contributed by atoms with van der Waals surface area (Å²) in [5.41, 5.74) is -0.470. The van der Waals surface area contributed by atoms with Crippen LogP contribution < -0.4 is 5.32 Å². The van der Waals surface area contributed by atoms with E-state index < -0.39 is 11.9 Å². The Hall–Kier alpha value is -1.96. The number of halogens is 3. The van der Waals surface area contributed by atoms with Crippen molar-refractivity contribution in [2.75, 3.05) is 6.54 Å². The lowest BCUT2D eigenvalue weighted by Crippen LogP contribution is -2.63. The van der Waals surface area contributed by atoms with Crippen molar-refractivity contribution in [3.05, 3.63) is 29.9 Å². The van der Waals surface area contributed by atoms with E-state index in [1.807, 2.05) is 0 Å². The van der Waals surface area contributed by atoms with Crippen LogP contribution in [0.5, 0.6) is 0 Å². The number of alkyl halides is 3. The summed E-state index contributed by atoms with van der Waals surface area (Å²) < 4.78 is 44.8. The van der Waals surface area contributed by atoms with Crippen LogP contribution in [0.2, 0.25) is 0 Å². The Morgan fingerprint density at radius 3 is 2.28 bits per heavy atom. The summed E-state index contributed by atoms with van der Waals surface area (Å²) in [5.74, 6) is 2.24. The van der Waals surface area contributed by atoms with Crippen LogP contribution in [0.3, 0.4) is 0 Å². The number of pyridine rings is 1. The van der Waals surface area contributed by atoms with Gasteiger partial charge in [-0.3, -0.25) is 4.98 Å². The van der Waals surface area contributed by atoms with E-state index in [4.69, 9.17) is 4.42 Å². The number of hydrogen-bond acceptors (Lipinski definition) is 5. The Morgan fingerprint density at radius 1 is 0.944 bits per heavy atom. The van der Waals surface area contributed by atoms with Crippen molar-refractivity contribution in [2.24, 2.45) is 11.8 Å². The summed E-state index contributed by atoms with van der Waals surface area (Å²) in [5, 5.41) is 12.6. The molecular weight excluding hydrogens is 465 g/mol. The molecule has 0 aromatic carbocycles. The van der Waals surface area contributed by atoms with Gasteiger partial charge < -0.3 is 9.73 Å². The van der Waals surface area contributed by atoms with Gasteiger partial charge in [-0.05, 0) is 75.5 Å². The Morgan fingerprint density at radius 2 is 1.64 bits per heavy atom. The van der Waals surface area contributed by atoms with Crippen molar-refractivity contribution in [3.63, 3.8) is 0 Å². The van der Waals surface area contributed by atoms with Crippen LogP contribution in [0.25, 0.3) is 11.5 Å². The number of hydrogen-bond donors (Lipinski definition) is 1. The monoisotopic (exact) mass is 504 g/mol. The molecule has 198 valence electrons. The molecule has 2 aromatic heterocycles. The average molecular weight is 505 g/mol. The highest BCUT2D eigenvalue weighted by Crippen LogP contribution is 2.62. The molecule has 0 aliphatic heterocycles. The predicted octanol–water partition coefficient (Wildman–Crippen LogP) is 7.47. The van der Waals surface area contributed by atoms with Gasteiger partial charge >= 0.3 is 6.18 Å². The third kappa shape index (κ3) is 5.48. The molecule has 2 aromatic rings. The molecule has 4 saturated carbocycles. The van der Waals surface area contributed by atoms with Gasteiger partial charge in [-0.15, -0.1) is 10.2 Å². The quantitative estimate of drug-likeness (QED) is 0.304. The minimum absolute atomic E-state index is 0.124. The zero-order chi connectivity index (χ0) is 25.2. The maximum absolute atomic E-state index is 12.9. The molecule has 0 spiro atoms. The van der Waals surface area contributed by atoms with Gasteiger partial charge in [0.2, 0.25) is 11.8 Å². The van der Waals surface area contributed by atoms with Crippen molar-refractivity contribution >= 4 is 0 Å². The summed E-state index contributed by atoms with van der Waals surface area (Å²) in [6.45, 7) is 3.32. The molecule has 2 heterocycles. The van der Waals surface area contributed by atoms with E-state index in [-0.39, 0.29) is 16.8 Å². The molecule has 4 aliphatic carbocycles. The van der Waals surface area contributed by atoms with Gasteiger partial charge in [0, 0.05) is 11.7 Å². The summed E-state index contributed by atoms with van der Waals surface area (Å²) in [6.07, 6.45) is 14.2. The number of aromatic nitrogens is 3. The van der Waals surface area contributed by atoms with E-state index in [9.17, 15) is 13.2 Å². The van der Waals surface area contributed by atoms with Crippen LogP contribution in [0.4, 0.5) is 13.2 Å². The minimum atomic E-state index is -4.46. The fraction of sp³-hybridized carbons (Fsp3) is 0.750. The van der Waals surface area contributed by atoms with Crippen molar-refractivity contribution < 1.29 is 17.6 Å². The smallest absolute Gasteiger partial charge is 0.420 e. The van der Waals surface area contributed by atoms with Gasteiger partial charge in [0.1, 0.15) is 5.69 Å². The molecule has 2 unspecified atom stereocenters. The molecule has 0 radical (unpaired) electrons. The zero-order valence-corrected chi connectivity index (χ0v) is 21.4. The summed E-state index contributed by atoms with van der Waals surface area (Å²) in [4.78, 5) is 3.55. The zero-order valence-electron chi connectivity index (χ0n) is 21.4. The van der Waals surface area contributed by atoms with Gasteiger partial charge in [-0.2, -0.15) is 13.2 Å². The van der Waals surface area contributed by atoms with Gasteiger partial charge in [-0.25, -0.2) is 0 Å². The van der Waals surface area contributed by atoms with Crippen molar-refractivity contribution in [1.29, 1.82) is 0 Å². The Labute approximate surface area is 212 Å². The lowest BCUT2D eigenvalue weighted by atomic mass is 9.46. The normalized spacial score (nSPS) is 29.2. The maximum Gasteiger partial charge on any atom is 0.433 e. The molecule has 0 saturated heterocycles. The number of nitrogens with zero attached hydrogens (tertiary/aromatic N) is 3. The lowest BCUT2D eigenvalue weighted by Gasteiger charge is -2.61. The van der Waals surface area contributed by atoms with Crippen LogP contribution in [-0.4, -0.2) is 27.3 Å². The van der Waals surface area contributed by atoms with Crippen molar-refractivity contribution in [3.8, 4) is 11.5 Å². The molecule has 6 rings (SSSR count). The fourth-order valence-corrected chi connectivity index (χ4v) is 7.57. The SMILES string of the molecule is CCCCCCCCCCNC12CC3CC(C1)CC(c1nnc(-c4ccc(C(F)(F)F)nc4)o1)(C3)C2. The number of nitrogens with one attached hydrogen (secondary N) is 1. The summed E-state index contributed by atoms with van der Waals surface area (Å²) >= 11 is 0. The second kappa shape index (κ2) is 10.4. The molecule has 4 fully saturated rings. The highest BCUT2D eigenvalue weighted by Gasteiger charge is 2.60. The molecule has 1 N–H and O–H groups in total. The first kappa shape index (κ1) is 25.7. The predicted molar refractivity (Wildman–Crippen MR) is 132 cm³/mol. The van der Waals surface area contributed by atoms with Crippen molar-refractivity contribution in [1.82, 2.24) is 20.5 Å². The molecule has 36 heavy (non-hydrogen) atoms. The maximum atomic E-state index is 12.9. The largest absolute Gasteiger partial charge is 0.433 e. The molecule has 5 nitrogen and oxygen atoms in total. The van der Waals surface area contributed by atoms with Crippen LogP contribution >= 0.6 is 0 Å². The summed E-state index contributed by atoms with van der Waals surface area (Å²) in [6, 6.07) is 2.33. The van der Waals surface area contributed by atoms with Crippen LogP contribution in [0.15, 0.2) is 22.7 Å². The molecule has 4 bridgehead atoms. The Bertz CT molecular complexity index is 989. The Kier molecular flexibility index (Phi) is 7.44. The summed E-state index contributed by atoms with van der Waals surface area (Å²) in [7, 11) is 0. The van der Waals surface area contributed by atoms with E-state index in [2.05, 4.69) is 27.4 Å². The highest BCUT2D eigenvalue weighted by molar-refractivity contribution is 5.51. The molecular formula is C28H39F3N4O. The molecule has 8 heteroatoms. The second-order valence-corrected chi connectivity index (χ2v) is 11.8. The van der Waals surface area contributed by atoms with Crippen LogP contribution in [-0.2, 0) is 11.6 Å². The number of unbranched alkanes of at least 4 members (excludes halogenated alkanes) is 7. The second-order valence-electron chi connectivity index (χ2n) is 11.8. The number of rotatable bonds is 12. The van der Waals surface area contributed by atoms with Crippen LogP contribution in [0.1, 0.15) is 108 Å². The van der Waals surface area contributed by atoms with Crippen LogP contribution in [0, 0.1) is 11.8 Å².